The van der Waals surface area contributed by atoms with E-state index in [1.807, 2.05) is 0 Å². The van der Waals surface area contributed by atoms with Crippen LogP contribution in [0.5, 0.6) is 11.5 Å². The van der Waals surface area contributed by atoms with Crippen molar-refractivity contribution in [2.45, 2.75) is 18.3 Å². The predicted molar refractivity (Wildman–Crippen MR) is 130 cm³/mol. The van der Waals surface area contributed by atoms with Gasteiger partial charge >= 0.3 is 0 Å². The first kappa shape index (κ1) is 26.0. The van der Waals surface area contributed by atoms with Crippen LogP contribution in [-0.2, 0) is 21.8 Å². The van der Waals surface area contributed by atoms with Crippen LogP contribution >= 0.6 is 0 Å². The minimum atomic E-state index is -4.20. The Morgan fingerprint density at radius 3 is 2.22 bits per heavy atom. The maximum absolute atomic E-state index is 13.5. The summed E-state index contributed by atoms with van der Waals surface area (Å²) in [5.41, 5.74) is 0.782. The van der Waals surface area contributed by atoms with Gasteiger partial charge in [-0.05, 0) is 25.1 Å². The summed E-state index contributed by atoms with van der Waals surface area (Å²) in [6.07, 6.45) is 2.48. The van der Waals surface area contributed by atoms with Gasteiger partial charge < -0.3 is 14.2 Å². The molecule has 13 nitrogen and oxygen atoms in total. The number of halogens is 1. The van der Waals surface area contributed by atoms with Crippen LogP contribution in [0.25, 0.3) is 17.2 Å². The molecule has 1 aromatic carbocycles. The van der Waals surface area contributed by atoms with E-state index in [0.717, 1.165) is 12.4 Å². The molecule has 2 atom stereocenters. The number of anilines is 1. The molecule has 0 saturated heterocycles. The van der Waals surface area contributed by atoms with Crippen molar-refractivity contribution in [3.05, 3.63) is 54.5 Å². The van der Waals surface area contributed by atoms with E-state index < -0.39 is 27.2 Å². The van der Waals surface area contributed by atoms with Gasteiger partial charge in [0, 0.05) is 20.4 Å². The van der Waals surface area contributed by atoms with Crippen LogP contribution < -0.4 is 14.2 Å². The Hall–Kier alpha value is -4.11. The van der Waals surface area contributed by atoms with Crippen molar-refractivity contribution in [2.75, 3.05) is 26.1 Å². The lowest BCUT2D eigenvalue weighted by molar-refractivity contribution is 0.0948. The van der Waals surface area contributed by atoms with Gasteiger partial charge in [0.1, 0.15) is 34.2 Å². The molecule has 0 aliphatic carbocycles. The van der Waals surface area contributed by atoms with E-state index >= 15 is 0 Å². The fourth-order valence-corrected chi connectivity index (χ4v) is 4.80. The van der Waals surface area contributed by atoms with E-state index in [1.165, 1.54) is 32.8 Å². The highest BCUT2D eigenvalue weighted by Crippen LogP contribution is 2.37. The molecule has 3 heterocycles. The zero-order valence-electron chi connectivity index (χ0n) is 20.7. The number of benzene rings is 1. The first-order chi connectivity index (χ1) is 17.7. The largest absolute Gasteiger partial charge is 0.494 e. The van der Waals surface area contributed by atoms with E-state index in [-0.39, 0.29) is 17.6 Å². The van der Waals surface area contributed by atoms with E-state index in [0.29, 0.717) is 22.9 Å². The predicted octanol–water partition coefficient (Wildman–Crippen LogP) is 2.13. The van der Waals surface area contributed by atoms with Gasteiger partial charge in [-0.25, -0.2) is 22.8 Å². The fraction of sp³-hybridized carbons (Fsp3) is 0.318. The zero-order chi connectivity index (χ0) is 26.7. The number of methoxy groups -OCH3 is 3. The summed E-state index contributed by atoms with van der Waals surface area (Å²) in [4.78, 5) is 7.74. The molecule has 37 heavy (non-hydrogen) atoms. The smallest absolute Gasteiger partial charge is 0.243 e. The lowest BCUT2D eigenvalue weighted by atomic mass is 10.2. The standard InChI is InChI=1S/C22H25FN8O5S/c1-13(19(36-5)20-24-11-14(23)12-25-20)37(32,33)29-22-27-26-21(15-9-10-30(2)28-15)31(22)18-16(34-3)7-6-8-17(18)35-4/h6-13,19H,1-5H3,(H,27,29). The van der Waals surface area contributed by atoms with Crippen molar-refractivity contribution in [1.82, 2.24) is 34.5 Å². The average Bonchev–Trinajstić information content (AvgIpc) is 3.50. The number of aromatic nitrogens is 7. The van der Waals surface area contributed by atoms with Gasteiger partial charge in [-0.3, -0.25) is 14.0 Å². The molecule has 4 aromatic rings. The van der Waals surface area contributed by atoms with Gasteiger partial charge in [-0.2, -0.15) is 5.10 Å². The Morgan fingerprint density at radius 1 is 1.03 bits per heavy atom. The van der Waals surface area contributed by atoms with Gasteiger partial charge in [0.25, 0.3) is 0 Å². The van der Waals surface area contributed by atoms with Crippen LogP contribution in [0.15, 0.2) is 42.9 Å². The number of rotatable bonds is 10. The highest BCUT2D eigenvalue weighted by atomic mass is 32.2. The number of nitrogens with zero attached hydrogens (tertiary/aromatic N) is 7. The van der Waals surface area contributed by atoms with Crippen LogP contribution in [0.3, 0.4) is 0 Å². The van der Waals surface area contributed by atoms with Gasteiger partial charge in [0.15, 0.2) is 17.5 Å². The molecule has 0 aliphatic heterocycles. The third kappa shape index (κ3) is 5.08. The molecule has 0 amide bonds. The summed E-state index contributed by atoms with van der Waals surface area (Å²) in [7, 11) is 1.80. The molecule has 196 valence electrons. The zero-order valence-corrected chi connectivity index (χ0v) is 21.5. The molecular formula is C22H25FN8O5S. The molecule has 2 unspecified atom stereocenters. The summed E-state index contributed by atoms with van der Waals surface area (Å²) >= 11 is 0. The van der Waals surface area contributed by atoms with Crippen molar-refractivity contribution < 1.29 is 27.0 Å². The van der Waals surface area contributed by atoms with Crippen LogP contribution in [0, 0.1) is 5.82 Å². The summed E-state index contributed by atoms with van der Waals surface area (Å²) in [6.45, 7) is 1.41. The highest BCUT2D eigenvalue weighted by molar-refractivity contribution is 7.93. The average molecular weight is 533 g/mol. The van der Waals surface area contributed by atoms with Crippen molar-refractivity contribution in [3.63, 3.8) is 0 Å². The number of hydrogen-bond acceptors (Lipinski definition) is 10. The van der Waals surface area contributed by atoms with Crippen LogP contribution in [0.1, 0.15) is 18.9 Å². The topological polar surface area (TPSA) is 148 Å². The van der Waals surface area contributed by atoms with Crippen molar-refractivity contribution >= 4 is 16.0 Å². The third-order valence-corrected chi connectivity index (χ3v) is 7.22. The fourth-order valence-electron chi connectivity index (χ4n) is 3.67. The Bertz CT molecular complexity index is 1470. The van der Waals surface area contributed by atoms with E-state index in [2.05, 4.69) is 30.0 Å². The molecular weight excluding hydrogens is 507 g/mol. The minimum Gasteiger partial charge on any atom is -0.494 e. The molecule has 0 fully saturated rings. The number of ether oxygens (including phenoxy) is 3. The quantitative estimate of drug-likeness (QED) is 0.322. The van der Waals surface area contributed by atoms with E-state index in [1.54, 1.807) is 42.2 Å². The van der Waals surface area contributed by atoms with Crippen molar-refractivity contribution in [1.29, 1.82) is 0 Å². The SMILES string of the molecule is COc1cccc(OC)c1-n1c(NS(=O)(=O)C(C)C(OC)c2ncc(F)cn2)nnc1-c1ccn(C)n1. The second-order valence-corrected chi connectivity index (χ2v) is 9.87. The second-order valence-electron chi connectivity index (χ2n) is 7.84. The van der Waals surface area contributed by atoms with Crippen LogP contribution in [0.4, 0.5) is 10.3 Å². The Balaban J connectivity index is 1.82. The summed E-state index contributed by atoms with van der Waals surface area (Å²) in [5.74, 6) is 0.180. The first-order valence-electron chi connectivity index (χ1n) is 10.9. The van der Waals surface area contributed by atoms with Gasteiger partial charge in [0.05, 0.1) is 26.6 Å². The van der Waals surface area contributed by atoms with Crippen molar-refractivity contribution in [2.24, 2.45) is 7.05 Å². The Kier molecular flexibility index (Phi) is 7.35. The molecule has 0 spiro atoms. The first-order valence-corrected chi connectivity index (χ1v) is 12.4. The molecule has 0 saturated carbocycles. The molecule has 0 aliphatic rings. The Morgan fingerprint density at radius 2 is 1.68 bits per heavy atom. The summed E-state index contributed by atoms with van der Waals surface area (Å²) < 4.78 is 62.3. The third-order valence-electron chi connectivity index (χ3n) is 5.53. The lowest BCUT2D eigenvalue weighted by Crippen LogP contribution is -2.33. The minimum absolute atomic E-state index is 0.00353. The molecule has 4 rings (SSSR count). The highest BCUT2D eigenvalue weighted by Gasteiger charge is 2.35. The van der Waals surface area contributed by atoms with Gasteiger partial charge in [-0.1, -0.05) is 6.07 Å². The number of aryl methyl sites for hydroxylation is 1. The monoisotopic (exact) mass is 532 g/mol. The normalized spacial score (nSPS) is 13.2. The second kappa shape index (κ2) is 10.5. The Labute approximate surface area is 212 Å². The molecule has 3 aromatic heterocycles. The van der Waals surface area contributed by atoms with Crippen LogP contribution in [0.2, 0.25) is 0 Å². The molecule has 0 bridgehead atoms. The molecule has 0 radical (unpaired) electrons. The summed E-state index contributed by atoms with van der Waals surface area (Å²) in [5, 5.41) is 11.5. The van der Waals surface area contributed by atoms with E-state index in [9.17, 15) is 12.8 Å². The van der Waals surface area contributed by atoms with Gasteiger partial charge in [0.2, 0.25) is 16.0 Å². The van der Waals surface area contributed by atoms with E-state index in [4.69, 9.17) is 14.2 Å². The number of nitrogens with one attached hydrogen (secondary N) is 1. The van der Waals surface area contributed by atoms with Crippen LogP contribution in [-0.4, -0.2) is 69.5 Å². The molecule has 1 N–H and O–H groups in total. The maximum atomic E-state index is 13.5. The number of para-hydroxylation sites is 1. The van der Waals surface area contributed by atoms with Crippen molar-refractivity contribution in [3.8, 4) is 28.7 Å². The lowest BCUT2D eigenvalue weighted by Gasteiger charge is -2.22. The van der Waals surface area contributed by atoms with Gasteiger partial charge in [-0.15, -0.1) is 10.2 Å². The number of sulfonamides is 1. The molecule has 15 heteroatoms. The summed E-state index contributed by atoms with van der Waals surface area (Å²) in [6, 6.07) is 6.81. The maximum Gasteiger partial charge on any atom is 0.243 e. The number of hydrogen-bond donors (Lipinski definition) is 1.